The van der Waals surface area contributed by atoms with E-state index in [0.29, 0.717) is 40.5 Å². The maximum Gasteiger partial charge on any atom is 0.416 e. The Labute approximate surface area is 173 Å². The van der Waals surface area contributed by atoms with Gasteiger partial charge < -0.3 is 9.88 Å². The Bertz CT molecular complexity index is 1040. The van der Waals surface area contributed by atoms with Gasteiger partial charge in [-0.1, -0.05) is 12.1 Å². The number of thiazole rings is 1. The largest absolute Gasteiger partial charge is 0.416 e. The average molecular weight is 442 g/mol. The summed E-state index contributed by atoms with van der Waals surface area (Å²) in [7, 11) is 0. The van der Waals surface area contributed by atoms with E-state index in [1.165, 1.54) is 23.5 Å². The molecule has 29 heavy (non-hydrogen) atoms. The number of alkyl halides is 3. The molecule has 0 radical (unpaired) electrons. The average Bonchev–Trinajstić information content (AvgIpc) is 3.27. The Morgan fingerprint density at radius 1 is 1.31 bits per heavy atom. The second-order valence-electron chi connectivity index (χ2n) is 6.19. The molecule has 0 aliphatic heterocycles. The summed E-state index contributed by atoms with van der Waals surface area (Å²) < 4.78 is 40.4. The van der Waals surface area contributed by atoms with Crippen LogP contribution in [0.5, 0.6) is 0 Å². The predicted octanol–water partition coefficient (Wildman–Crippen LogP) is 4.00. The first-order valence-corrected chi connectivity index (χ1v) is 10.1. The van der Waals surface area contributed by atoms with Gasteiger partial charge in [0.15, 0.2) is 4.77 Å². The van der Waals surface area contributed by atoms with Gasteiger partial charge in [0.2, 0.25) is 5.91 Å². The fraction of sp³-hybridized carbons (Fsp3) is 0.333. The standard InChI is InChI=1S/C18H18F3N5OS2/c1-2-26-14(24-25-17(26)28)7-8-22-15(27)9-13-10-29-16(23-13)11-3-5-12(6-4-11)18(19,20)21/h3-6,10H,2,7-9H2,1H3,(H,22,27)(H,25,28). The van der Waals surface area contributed by atoms with Crippen molar-refractivity contribution in [3.05, 3.63) is 51.5 Å². The summed E-state index contributed by atoms with van der Waals surface area (Å²) in [4.78, 5) is 16.5. The Morgan fingerprint density at radius 3 is 2.69 bits per heavy atom. The molecular weight excluding hydrogens is 423 g/mol. The SMILES string of the molecule is CCn1c(CCNC(=O)Cc2csc(-c3ccc(C(F)(F)F)cc3)n2)n[nH]c1=S. The summed E-state index contributed by atoms with van der Waals surface area (Å²) in [5.74, 6) is 0.586. The van der Waals surface area contributed by atoms with Crippen molar-refractivity contribution in [2.24, 2.45) is 0 Å². The van der Waals surface area contributed by atoms with Crippen molar-refractivity contribution in [1.82, 2.24) is 25.1 Å². The van der Waals surface area contributed by atoms with Crippen molar-refractivity contribution in [2.75, 3.05) is 6.54 Å². The first kappa shape index (κ1) is 21.2. The zero-order valence-electron chi connectivity index (χ0n) is 15.4. The number of aromatic amines is 1. The van der Waals surface area contributed by atoms with Crippen LogP contribution in [0.4, 0.5) is 13.2 Å². The molecule has 0 fully saturated rings. The number of nitrogens with zero attached hydrogens (tertiary/aromatic N) is 3. The quantitative estimate of drug-likeness (QED) is 0.544. The summed E-state index contributed by atoms with van der Waals surface area (Å²) in [5.41, 5.74) is 0.442. The third-order valence-electron chi connectivity index (χ3n) is 4.18. The fourth-order valence-electron chi connectivity index (χ4n) is 2.73. The lowest BCUT2D eigenvalue weighted by molar-refractivity contribution is -0.137. The van der Waals surface area contributed by atoms with E-state index in [4.69, 9.17) is 12.2 Å². The van der Waals surface area contributed by atoms with Crippen LogP contribution in [-0.4, -0.2) is 32.2 Å². The highest BCUT2D eigenvalue weighted by molar-refractivity contribution is 7.71. The molecule has 0 saturated carbocycles. The summed E-state index contributed by atoms with van der Waals surface area (Å²) in [5, 5.41) is 12.0. The number of carbonyl (C=O) groups excluding carboxylic acids is 1. The molecule has 2 aromatic heterocycles. The third-order valence-corrected chi connectivity index (χ3v) is 5.43. The van der Waals surface area contributed by atoms with Crippen molar-refractivity contribution < 1.29 is 18.0 Å². The molecule has 3 rings (SSSR count). The Morgan fingerprint density at radius 2 is 2.03 bits per heavy atom. The molecule has 1 aromatic carbocycles. The highest BCUT2D eigenvalue weighted by atomic mass is 32.1. The molecule has 154 valence electrons. The molecular formula is C18H18F3N5OS2. The molecule has 11 heteroatoms. The molecule has 2 N–H and O–H groups in total. The number of H-pyrrole nitrogens is 1. The van der Waals surface area contributed by atoms with Gasteiger partial charge in [-0.15, -0.1) is 11.3 Å². The minimum atomic E-state index is -4.37. The number of hydrogen-bond acceptors (Lipinski definition) is 5. The van der Waals surface area contributed by atoms with Gasteiger partial charge in [-0.05, 0) is 31.3 Å². The molecule has 0 aliphatic rings. The topological polar surface area (TPSA) is 75.6 Å². The number of amides is 1. The van der Waals surface area contributed by atoms with E-state index in [2.05, 4.69) is 20.5 Å². The van der Waals surface area contributed by atoms with Gasteiger partial charge in [0.25, 0.3) is 0 Å². The minimum Gasteiger partial charge on any atom is -0.355 e. The zero-order valence-corrected chi connectivity index (χ0v) is 17.0. The molecule has 0 bridgehead atoms. The van der Waals surface area contributed by atoms with Crippen molar-refractivity contribution >= 4 is 29.5 Å². The number of carbonyl (C=O) groups is 1. The maximum atomic E-state index is 12.7. The van der Waals surface area contributed by atoms with E-state index >= 15 is 0 Å². The number of rotatable bonds is 7. The van der Waals surface area contributed by atoms with Crippen LogP contribution in [0.2, 0.25) is 0 Å². The van der Waals surface area contributed by atoms with Gasteiger partial charge in [0.1, 0.15) is 10.8 Å². The van der Waals surface area contributed by atoms with Crippen molar-refractivity contribution in [3.8, 4) is 10.6 Å². The van der Waals surface area contributed by atoms with Crippen LogP contribution in [0.1, 0.15) is 24.0 Å². The van der Waals surface area contributed by atoms with Crippen LogP contribution in [0.3, 0.4) is 0 Å². The van der Waals surface area contributed by atoms with E-state index in [0.717, 1.165) is 18.0 Å². The molecule has 1 amide bonds. The van der Waals surface area contributed by atoms with Gasteiger partial charge >= 0.3 is 6.18 Å². The lowest BCUT2D eigenvalue weighted by atomic mass is 10.1. The lowest BCUT2D eigenvalue weighted by Gasteiger charge is -2.06. The van der Waals surface area contributed by atoms with E-state index < -0.39 is 11.7 Å². The molecule has 3 aromatic rings. The smallest absolute Gasteiger partial charge is 0.355 e. The van der Waals surface area contributed by atoms with Crippen molar-refractivity contribution in [1.29, 1.82) is 0 Å². The van der Waals surface area contributed by atoms with Crippen molar-refractivity contribution in [2.45, 2.75) is 32.5 Å². The first-order chi connectivity index (χ1) is 13.8. The highest BCUT2D eigenvalue weighted by Gasteiger charge is 2.30. The van der Waals surface area contributed by atoms with Crippen LogP contribution < -0.4 is 5.32 Å². The molecule has 0 saturated heterocycles. The third kappa shape index (κ3) is 5.30. The van der Waals surface area contributed by atoms with E-state index in [1.807, 2.05) is 11.5 Å². The van der Waals surface area contributed by atoms with E-state index in [-0.39, 0.29) is 12.3 Å². The normalized spacial score (nSPS) is 11.6. The molecule has 0 aliphatic carbocycles. The van der Waals surface area contributed by atoms with Gasteiger partial charge in [-0.3, -0.25) is 9.89 Å². The number of nitrogens with one attached hydrogen (secondary N) is 2. The monoisotopic (exact) mass is 441 g/mol. The second-order valence-corrected chi connectivity index (χ2v) is 7.43. The van der Waals surface area contributed by atoms with E-state index in [9.17, 15) is 18.0 Å². The maximum absolute atomic E-state index is 12.7. The lowest BCUT2D eigenvalue weighted by Crippen LogP contribution is -2.28. The summed E-state index contributed by atoms with van der Waals surface area (Å²) in [6.07, 6.45) is -3.73. The van der Waals surface area contributed by atoms with E-state index in [1.54, 1.807) is 5.38 Å². The minimum absolute atomic E-state index is 0.0950. The Hall–Kier alpha value is -2.53. The predicted molar refractivity (Wildman–Crippen MR) is 106 cm³/mol. The molecule has 2 heterocycles. The molecule has 0 unspecified atom stereocenters. The van der Waals surface area contributed by atoms with Crippen LogP contribution in [0.25, 0.3) is 10.6 Å². The number of aromatic nitrogens is 4. The highest BCUT2D eigenvalue weighted by Crippen LogP contribution is 2.31. The number of benzene rings is 1. The molecule has 0 spiro atoms. The second kappa shape index (κ2) is 8.87. The summed E-state index contributed by atoms with van der Waals surface area (Å²) in [6.45, 7) is 3.07. The Kier molecular flexibility index (Phi) is 6.48. The van der Waals surface area contributed by atoms with Crippen LogP contribution in [0.15, 0.2) is 29.6 Å². The van der Waals surface area contributed by atoms with Gasteiger partial charge in [0.05, 0.1) is 17.7 Å². The van der Waals surface area contributed by atoms with Crippen LogP contribution in [0, 0.1) is 4.77 Å². The summed E-state index contributed by atoms with van der Waals surface area (Å²) >= 11 is 6.41. The fourth-order valence-corrected chi connectivity index (χ4v) is 3.84. The van der Waals surface area contributed by atoms with Crippen molar-refractivity contribution in [3.63, 3.8) is 0 Å². The zero-order chi connectivity index (χ0) is 21.0. The first-order valence-electron chi connectivity index (χ1n) is 8.80. The number of halogens is 3. The molecule has 0 atom stereocenters. The van der Waals surface area contributed by atoms with Gasteiger partial charge in [-0.2, -0.15) is 18.3 Å². The Balaban J connectivity index is 1.54. The molecule has 6 nitrogen and oxygen atoms in total. The van der Waals surface area contributed by atoms with Crippen LogP contribution in [-0.2, 0) is 30.4 Å². The van der Waals surface area contributed by atoms with Gasteiger partial charge in [0, 0.05) is 30.5 Å². The van der Waals surface area contributed by atoms with Gasteiger partial charge in [-0.25, -0.2) is 4.98 Å². The summed E-state index contributed by atoms with van der Waals surface area (Å²) in [6, 6.07) is 4.81. The van der Waals surface area contributed by atoms with Crippen LogP contribution >= 0.6 is 23.6 Å². The number of hydrogen-bond donors (Lipinski definition) is 2.